The number of aliphatic imine (C=N–C) groups is 1. The predicted octanol–water partition coefficient (Wildman–Crippen LogP) is 1.83. The normalized spacial score (nSPS) is 19.5. The molecule has 0 saturated heterocycles. The summed E-state index contributed by atoms with van der Waals surface area (Å²) in [7, 11) is 0. The van der Waals surface area contributed by atoms with Gasteiger partial charge in [-0.05, 0) is 12.8 Å². The molecule has 0 aromatic heterocycles. The molecule has 2 rings (SSSR count). The van der Waals surface area contributed by atoms with Crippen molar-refractivity contribution in [2.45, 2.75) is 31.9 Å². The molecule has 1 aromatic rings. The fraction of sp³-hybridized carbons (Fsp3) is 0.467. The molecule has 1 aromatic carbocycles. The van der Waals surface area contributed by atoms with Crippen LogP contribution in [0.4, 0.5) is 0 Å². The second-order valence-corrected chi connectivity index (χ2v) is 5.78. The van der Waals surface area contributed by atoms with Crippen LogP contribution in [0, 0.1) is 0 Å². The summed E-state index contributed by atoms with van der Waals surface area (Å²) >= 11 is 1.62. The molecule has 1 aliphatic heterocycles. The van der Waals surface area contributed by atoms with Gasteiger partial charge in [0, 0.05) is 17.9 Å². The number of nitrogens with zero attached hydrogens (tertiary/aromatic N) is 1. The molecule has 5 heteroatoms. The topological polar surface area (TPSA) is 61.7 Å². The van der Waals surface area contributed by atoms with Crippen molar-refractivity contribution in [1.82, 2.24) is 5.32 Å². The van der Waals surface area contributed by atoms with Gasteiger partial charge in [0.15, 0.2) is 0 Å². The lowest BCUT2D eigenvalue weighted by molar-refractivity contribution is -0.121. The molecule has 0 fully saturated rings. The molecule has 1 heterocycles. The monoisotopic (exact) mass is 292 g/mol. The van der Waals surface area contributed by atoms with Crippen molar-refractivity contribution in [3.05, 3.63) is 35.9 Å². The molecule has 0 saturated carbocycles. The summed E-state index contributed by atoms with van der Waals surface area (Å²) < 4.78 is 0. The fourth-order valence-corrected chi connectivity index (χ4v) is 2.98. The van der Waals surface area contributed by atoms with Gasteiger partial charge in [-0.15, -0.1) is 11.8 Å². The highest BCUT2D eigenvalue weighted by molar-refractivity contribution is 8.14. The standard InChI is InChI=1S/C15H20N2O2S/c1-2-12(18)8-9-16-14(19)13-10-20-15(17-13)11-6-4-3-5-7-11/h3-7,12-13,18H,2,8-10H2,1H3,(H,16,19). The summed E-state index contributed by atoms with van der Waals surface area (Å²) in [4.78, 5) is 16.5. The van der Waals surface area contributed by atoms with Gasteiger partial charge in [-0.25, -0.2) is 0 Å². The molecule has 2 unspecified atom stereocenters. The number of benzene rings is 1. The van der Waals surface area contributed by atoms with E-state index in [0.717, 1.165) is 10.6 Å². The number of amides is 1. The predicted molar refractivity (Wildman–Crippen MR) is 83.1 cm³/mol. The highest BCUT2D eigenvalue weighted by Gasteiger charge is 2.25. The summed E-state index contributed by atoms with van der Waals surface area (Å²) in [5.74, 6) is 0.638. The van der Waals surface area contributed by atoms with Crippen LogP contribution < -0.4 is 5.32 Å². The Balaban J connectivity index is 1.85. The summed E-state index contributed by atoms with van der Waals surface area (Å²) in [6.45, 7) is 2.43. The number of thioether (sulfide) groups is 1. The van der Waals surface area contributed by atoms with Crippen molar-refractivity contribution >= 4 is 22.7 Å². The Hall–Kier alpha value is -1.33. The zero-order chi connectivity index (χ0) is 14.4. The van der Waals surface area contributed by atoms with E-state index in [-0.39, 0.29) is 18.1 Å². The summed E-state index contributed by atoms with van der Waals surface area (Å²) in [6, 6.07) is 9.60. The van der Waals surface area contributed by atoms with Crippen molar-refractivity contribution in [3.8, 4) is 0 Å². The molecular weight excluding hydrogens is 272 g/mol. The number of carbonyl (C=O) groups excluding carboxylic acids is 1. The minimum absolute atomic E-state index is 0.0493. The lowest BCUT2D eigenvalue weighted by Crippen LogP contribution is -2.35. The van der Waals surface area contributed by atoms with Crippen molar-refractivity contribution in [1.29, 1.82) is 0 Å². The highest BCUT2D eigenvalue weighted by atomic mass is 32.2. The highest BCUT2D eigenvalue weighted by Crippen LogP contribution is 2.23. The number of nitrogens with one attached hydrogen (secondary N) is 1. The van der Waals surface area contributed by atoms with E-state index in [1.165, 1.54) is 0 Å². The zero-order valence-corrected chi connectivity index (χ0v) is 12.4. The van der Waals surface area contributed by atoms with Crippen LogP contribution in [0.2, 0.25) is 0 Å². The molecule has 0 spiro atoms. The molecule has 2 N–H and O–H groups in total. The molecule has 4 nitrogen and oxygen atoms in total. The summed E-state index contributed by atoms with van der Waals surface area (Å²) in [5, 5.41) is 13.2. The average Bonchev–Trinajstić information content (AvgIpc) is 2.97. The number of aliphatic hydroxyl groups is 1. The second-order valence-electron chi connectivity index (χ2n) is 4.77. The molecule has 0 radical (unpaired) electrons. The van der Waals surface area contributed by atoms with Gasteiger partial charge in [-0.1, -0.05) is 37.3 Å². The molecule has 1 amide bonds. The molecule has 0 aliphatic carbocycles. The van der Waals surface area contributed by atoms with E-state index in [0.29, 0.717) is 25.1 Å². The van der Waals surface area contributed by atoms with E-state index in [1.54, 1.807) is 11.8 Å². The third-order valence-corrected chi connectivity index (χ3v) is 4.32. The van der Waals surface area contributed by atoms with Gasteiger partial charge in [-0.3, -0.25) is 9.79 Å². The number of hydrogen-bond acceptors (Lipinski definition) is 4. The van der Waals surface area contributed by atoms with Crippen LogP contribution in [0.25, 0.3) is 0 Å². The van der Waals surface area contributed by atoms with Gasteiger partial charge >= 0.3 is 0 Å². The Morgan fingerprint density at radius 2 is 2.25 bits per heavy atom. The van der Waals surface area contributed by atoms with E-state index in [9.17, 15) is 9.90 Å². The number of carbonyl (C=O) groups is 1. The van der Waals surface area contributed by atoms with Crippen molar-refractivity contribution < 1.29 is 9.90 Å². The van der Waals surface area contributed by atoms with E-state index in [2.05, 4.69) is 10.3 Å². The van der Waals surface area contributed by atoms with E-state index < -0.39 is 0 Å². The van der Waals surface area contributed by atoms with Crippen LogP contribution in [0.15, 0.2) is 35.3 Å². The molecule has 20 heavy (non-hydrogen) atoms. The van der Waals surface area contributed by atoms with Crippen LogP contribution in [0.3, 0.4) is 0 Å². The van der Waals surface area contributed by atoms with E-state index in [4.69, 9.17) is 0 Å². The number of rotatable bonds is 6. The number of aliphatic hydroxyl groups excluding tert-OH is 1. The van der Waals surface area contributed by atoms with Crippen LogP contribution in [-0.4, -0.2) is 40.5 Å². The average molecular weight is 292 g/mol. The smallest absolute Gasteiger partial charge is 0.245 e. The van der Waals surface area contributed by atoms with Crippen LogP contribution >= 0.6 is 11.8 Å². The largest absolute Gasteiger partial charge is 0.393 e. The van der Waals surface area contributed by atoms with Gasteiger partial charge in [0.25, 0.3) is 0 Å². The third-order valence-electron chi connectivity index (χ3n) is 3.22. The zero-order valence-electron chi connectivity index (χ0n) is 11.6. The minimum atomic E-state index is -0.336. The minimum Gasteiger partial charge on any atom is -0.393 e. The summed E-state index contributed by atoms with van der Waals surface area (Å²) in [5.41, 5.74) is 1.06. The molecule has 108 valence electrons. The first-order valence-corrected chi connectivity index (χ1v) is 7.91. The quantitative estimate of drug-likeness (QED) is 0.841. The van der Waals surface area contributed by atoms with Gasteiger partial charge in [0.2, 0.25) is 5.91 Å². The lowest BCUT2D eigenvalue weighted by atomic mass is 10.2. The Morgan fingerprint density at radius 3 is 2.95 bits per heavy atom. The van der Waals surface area contributed by atoms with E-state index >= 15 is 0 Å². The molecule has 0 bridgehead atoms. The van der Waals surface area contributed by atoms with Gasteiger partial charge in [0.1, 0.15) is 6.04 Å². The van der Waals surface area contributed by atoms with Crippen LogP contribution in [0.5, 0.6) is 0 Å². The Kier molecular flexibility index (Phi) is 5.61. The molecule has 1 aliphatic rings. The third kappa shape index (κ3) is 4.08. The first-order chi connectivity index (χ1) is 9.70. The fourth-order valence-electron chi connectivity index (χ4n) is 1.93. The number of hydrogen-bond donors (Lipinski definition) is 2. The lowest BCUT2D eigenvalue weighted by Gasteiger charge is -2.10. The summed E-state index contributed by atoms with van der Waals surface area (Å²) in [6.07, 6.45) is 0.972. The first kappa shape index (κ1) is 15.1. The maximum Gasteiger partial charge on any atom is 0.245 e. The van der Waals surface area contributed by atoms with Gasteiger partial charge in [-0.2, -0.15) is 0 Å². The van der Waals surface area contributed by atoms with E-state index in [1.807, 2.05) is 37.3 Å². The Labute approximate surface area is 123 Å². The van der Waals surface area contributed by atoms with Gasteiger partial charge < -0.3 is 10.4 Å². The maximum atomic E-state index is 12.0. The van der Waals surface area contributed by atoms with Crippen LogP contribution in [-0.2, 0) is 4.79 Å². The Bertz CT molecular complexity index is 476. The van der Waals surface area contributed by atoms with Gasteiger partial charge in [0.05, 0.1) is 11.1 Å². The molecule has 2 atom stereocenters. The second kappa shape index (κ2) is 7.45. The SMILES string of the molecule is CCC(O)CCNC(=O)C1CSC(c2ccccc2)=N1. The van der Waals surface area contributed by atoms with Crippen LogP contribution in [0.1, 0.15) is 25.3 Å². The molecular formula is C15H20N2O2S. The van der Waals surface area contributed by atoms with Crippen molar-refractivity contribution in [2.75, 3.05) is 12.3 Å². The van der Waals surface area contributed by atoms with Crippen molar-refractivity contribution in [2.24, 2.45) is 4.99 Å². The van der Waals surface area contributed by atoms with Crippen molar-refractivity contribution in [3.63, 3.8) is 0 Å². The maximum absolute atomic E-state index is 12.0. The first-order valence-electron chi connectivity index (χ1n) is 6.92. The Morgan fingerprint density at radius 1 is 1.50 bits per heavy atom.